The highest BCUT2D eigenvalue weighted by atomic mass is 32.2. The number of nitrogens with one attached hydrogen (secondary N) is 1. The molecule has 8 heteroatoms. The zero-order valence-electron chi connectivity index (χ0n) is 15.3. The minimum Gasteiger partial charge on any atom is -0.497 e. The molecule has 0 unspecified atom stereocenters. The number of hydrogen-bond acceptors (Lipinski definition) is 8. The lowest BCUT2D eigenvalue weighted by atomic mass is 10.1. The summed E-state index contributed by atoms with van der Waals surface area (Å²) in [6.45, 7) is 1.97. The number of ether oxygens (including phenoxy) is 1. The first kappa shape index (κ1) is 18.5. The van der Waals surface area contributed by atoms with Gasteiger partial charge in [-0.25, -0.2) is 4.79 Å². The van der Waals surface area contributed by atoms with E-state index >= 15 is 0 Å². The molecular formula is C20H17N3O3S2. The summed E-state index contributed by atoms with van der Waals surface area (Å²) in [5, 5.41) is 13.3. The van der Waals surface area contributed by atoms with Gasteiger partial charge in [-0.15, -0.1) is 10.2 Å². The van der Waals surface area contributed by atoms with Gasteiger partial charge in [-0.2, -0.15) is 0 Å². The molecular weight excluding hydrogens is 394 g/mol. The molecule has 0 bridgehead atoms. The zero-order valence-corrected chi connectivity index (χ0v) is 16.9. The van der Waals surface area contributed by atoms with Crippen LogP contribution in [-0.4, -0.2) is 17.3 Å². The molecule has 0 fully saturated rings. The van der Waals surface area contributed by atoms with E-state index in [1.807, 2.05) is 49.4 Å². The minimum absolute atomic E-state index is 0.340. The Hall–Kier alpha value is -2.84. The average Bonchev–Trinajstić information content (AvgIpc) is 3.13. The molecule has 0 aliphatic rings. The summed E-state index contributed by atoms with van der Waals surface area (Å²) in [7, 11) is 1.64. The van der Waals surface area contributed by atoms with Gasteiger partial charge in [-0.3, -0.25) is 0 Å². The Balaban J connectivity index is 1.47. The fourth-order valence-electron chi connectivity index (χ4n) is 2.71. The van der Waals surface area contributed by atoms with Crippen LogP contribution in [0.5, 0.6) is 5.75 Å². The predicted molar refractivity (Wildman–Crippen MR) is 113 cm³/mol. The molecule has 0 saturated carbocycles. The molecule has 0 spiro atoms. The van der Waals surface area contributed by atoms with Crippen LogP contribution in [0.4, 0.5) is 10.8 Å². The second-order valence-corrected chi connectivity index (χ2v) is 8.31. The third-order valence-electron chi connectivity index (χ3n) is 4.08. The second kappa shape index (κ2) is 8.04. The third kappa shape index (κ3) is 4.18. The number of aromatic nitrogens is 2. The van der Waals surface area contributed by atoms with Gasteiger partial charge in [0.25, 0.3) is 0 Å². The quantitative estimate of drug-likeness (QED) is 0.353. The average molecular weight is 412 g/mol. The lowest BCUT2D eigenvalue weighted by Gasteiger charge is -2.04. The molecule has 28 heavy (non-hydrogen) atoms. The van der Waals surface area contributed by atoms with Crippen LogP contribution in [0.2, 0.25) is 0 Å². The van der Waals surface area contributed by atoms with Gasteiger partial charge in [0.05, 0.1) is 7.11 Å². The molecule has 0 aliphatic heterocycles. The number of hydrogen-bond donors (Lipinski definition) is 1. The third-order valence-corrected chi connectivity index (χ3v) is 6.11. The Morgan fingerprint density at radius 3 is 2.75 bits per heavy atom. The summed E-state index contributed by atoms with van der Waals surface area (Å²) in [5.74, 6) is 1.41. The van der Waals surface area contributed by atoms with Crippen LogP contribution in [0.25, 0.3) is 11.0 Å². The number of thioether (sulfide) groups is 1. The lowest BCUT2D eigenvalue weighted by Crippen LogP contribution is -2.00. The van der Waals surface area contributed by atoms with Gasteiger partial charge >= 0.3 is 5.63 Å². The van der Waals surface area contributed by atoms with Crippen molar-refractivity contribution in [3.63, 3.8) is 0 Å². The number of fused-ring (bicyclic) bond motifs is 1. The first-order valence-electron chi connectivity index (χ1n) is 8.51. The Labute approximate surface area is 169 Å². The van der Waals surface area contributed by atoms with Crippen LogP contribution in [0.3, 0.4) is 0 Å². The molecule has 142 valence electrons. The van der Waals surface area contributed by atoms with Crippen molar-refractivity contribution in [2.45, 2.75) is 17.0 Å². The maximum absolute atomic E-state index is 11.9. The number of benzene rings is 2. The molecule has 2 heterocycles. The van der Waals surface area contributed by atoms with Gasteiger partial charge in [-0.05, 0) is 48.4 Å². The molecule has 2 aromatic carbocycles. The van der Waals surface area contributed by atoms with Crippen molar-refractivity contribution in [1.29, 1.82) is 0 Å². The summed E-state index contributed by atoms with van der Waals surface area (Å²) >= 11 is 3.01. The molecule has 0 radical (unpaired) electrons. The largest absolute Gasteiger partial charge is 0.497 e. The van der Waals surface area contributed by atoms with Crippen molar-refractivity contribution in [2.75, 3.05) is 12.4 Å². The lowest BCUT2D eigenvalue weighted by molar-refractivity contribution is 0.415. The first-order chi connectivity index (χ1) is 13.6. The highest BCUT2D eigenvalue weighted by Crippen LogP contribution is 2.31. The van der Waals surface area contributed by atoms with E-state index < -0.39 is 0 Å². The SMILES string of the molecule is COc1ccc(Nc2nnc(SCc3cc(=O)oc4cc(C)ccc34)s2)cc1. The van der Waals surface area contributed by atoms with Crippen molar-refractivity contribution >= 4 is 44.9 Å². The van der Waals surface area contributed by atoms with Gasteiger partial charge in [0.15, 0.2) is 4.34 Å². The Morgan fingerprint density at radius 2 is 1.96 bits per heavy atom. The molecule has 0 atom stereocenters. The van der Waals surface area contributed by atoms with E-state index in [2.05, 4.69) is 15.5 Å². The van der Waals surface area contributed by atoms with E-state index in [1.54, 1.807) is 24.9 Å². The van der Waals surface area contributed by atoms with E-state index in [0.717, 1.165) is 32.3 Å². The van der Waals surface area contributed by atoms with Crippen molar-refractivity contribution in [3.8, 4) is 5.75 Å². The summed E-state index contributed by atoms with van der Waals surface area (Å²) in [6.07, 6.45) is 0. The van der Waals surface area contributed by atoms with Gasteiger partial charge in [0.2, 0.25) is 5.13 Å². The van der Waals surface area contributed by atoms with E-state index in [-0.39, 0.29) is 5.63 Å². The second-order valence-electron chi connectivity index (χ2n) is 6.11. The molecule has 0 amide bonds. The van der Waals surface area contributed by atoms with Crippen molar-refractivity contribution < 1.29 is 9.15 Å². The van der Waals surface area contributed by atoms with Gasteiger partial charge in [-0.1, -0.05) is 35.2 Å². The molecule has 2 aromatic heterocycles. The van der Waals surface area contributed by atoms with Crippen molar-refractivity contribution in [1.82, 2.24) is 10.2 Å². The summed E-state index contributed by atoms with van der Waals surface area (Å²) in [6, 6.07) is 15.0. The van der Waals surface area contributed by atoms with Gasteiger partial charge < -0.3 is 14.5 Å². The van der Waals surface area contributed by atoms with Crippen LogP contribution in [0.1, 0.15) is 11.1 Å². The Morgan fingerprint density at radius 1 is 1.14 bits per heavy atom. The van der Waals surface area contributed by atoms with Crippen LogP contribution in [-0.2, 0) is 5.75 Å². The standard InChI is InChI=1S/C20H17N3O3S2/c1-12-3-8-16-13(10-18(24)26-17(16)9-12)11-27-20-23-22-19(28-20)21-14-4-6-15(25-2)7-5-14/h3-10H,11H2,1-2H3,(H,21,22). The number of nitrogens with zero attached hydrogens (tertiary/aromatic N) is 2. The first-order valence-corrected chi connectivity index (χ1v) is 10.3. The van der Waals surface area contributed by atoms with Crippen LogP contribution in [0.15, 0.2) is 62.1 Å². The fourth-order valence-corrected chi connectivity index (χ4v) is 4.48. The van der Waals surface area contributed by atoms with Crippen LogP contribution < -0.4 is 15.7 Å². The molecule has 0 aliphatic carbocycles. The summed E-state index contributed by atoms with van der Waals surface area (Å²) in [5.41, 5.74) is 3.17. The summed E-state index contributed by atoms with van der Waals surface area (Å²) in [4.78, 5) is 11.9. The zero-order chi connectivity index (χ0) is 19.5. The van der Waals surface area contributed by atoms with Crippen LogP contribution in [0, 0.1) is 6.92 Å². The van der Waals surface area contributed by atoms with Crippen molar-refractivity contribution in [3.05, 3.63) is 70.1 Å². The topological polar surface area (TPSA) is 77.2 Å². The van der Waals surface area contributed by atoms with E-state index in [0.29, 0.717) is 16.5 Å². The van der Waals surface area contributed by atoms with Crippen LogP contribution >= 0.6 is 23.1 Å². The van der Waals surface area contributed by atoms with Gasteiger partial charge in [0.1, 0.15) is 11.3 Å². The molecule has 4 rings (SSSR count). The maximum atomic E-state index is 11.9. The van der Waals surface area contributed by atoms with E-state index in [9.17, 15) is 4.79 Å². The van der Waals surface area contributed by atoms with E-state index in [4.69, 9.17) is 9.15 Å². The number of rotatable bonds is 6. The smallest absolute Gasteiger partial charge is 0.336 e. The molecule has 0 saturated heterocycles. The fraction of sp³-hybridized carbons (Fsp3) is 0.150. The number of methoxy groups -OCH3 is 1. The monoisotopic (exact) mass is 411 g/mol. The Bertz CT molecular complexity index is 1170. The van der Waals surface area contributed by atoms with E-state index in [1.165, 1.54) is 11.3 Å². The minimum atomic E-state index is -0.340. The predicted octanol–water partition coefficient (Wildman–Crippen LogP) is 5.00. The van der Waals surface area contributed by atoms with Crippen molar-refractivity contribution in [2.24, 2.45) is 0 Å². The number of anilines is 2. The Kier molecular flexibility index (Phi) is 5.31. The maximum Gasteiger partial charge on any atom is 0.336 e. The normalized spacial score (nSPS) is 10.9. The summed E-state index contributed by atoms with van der Waals surface area (Å²) < 4.78 is 11.3. The highest BCUT2D eigenvalue weighted by Gasteiger charge is 2.10. The molecule has 4 aromatic rings. The number of aryl methyl sites for hydroxylation is 1. The molecule has 6 nitrogen and oxygen atoms in total. The highest BCUT2D eigenvalue weighted by molar-refractivity contribution is 8.00. The molecule has 1 N–H and O–H groups in total. The van der Waals surface area contributed by atoms with Gasteiger partial charge in [0, 0.05) is 22.9 Å².